The van der Waals surface area contributed by atoms with Crippen LogP contribution in [0.4, 0.5) is 22.4 Å². The van der Waals surface area contributed by atoms with Crippen molar-refractivity contribution < 1.29 is 9.53 Å². The van der Waals surface area contributed by atoms with Crippen LogP contribution < -0.4 is 21.7 Å². The molecule has 8 nitrogen and oxygen atoms in total. The largest absolute Gasteiger partial charge is 0.444 e. The molecule has 1 aromatic rings. The molecule has 1 fully saturated rings. The highest BCUT2D eigenvalue weighted by atomic mass is 35.5. The molecule has 22 heavy (non-hydrogen) atoms. The molecule has 0 saturated carbocycles. The van der Waals surface area contributed by atoms with Crippen molar-refractivity contribution in [2.24, 2.45) is 0 Å². The molecule has 0 bridgehead atoms. The Labute approximate surface area is 134 Å². The van der Waals surface area contributed by atoms with Gasteiger partial charge >= 0.3 is 6.09 Å². The first-order valence-electron chi connectivity index (χ1n) is 6.98. The van der Waals surface area contributed by atoms with E-state index in [1.807, 2.05) is 25.7 Å². The maximum absolute atomic E-state index is 11.8. The molecule has 0 radical (unpaired) electrons. The number of hydrogen-bond acceptors (Lipinski definition) is 7. The summed E-state index contributed by atoms with van der Waals surface area (Å²) in [6.45, 7) is 6.68. The molecule has 0 unspecified atom stereocenters. The quantitative estimate of drug-likeness (QED) is 0.750. The number of nitrogens with two attached hydrogens (primary N) is 2. The third kappa shape index (κ3) is 4.03. The zero-order valence-corrected chi connectivity index (χ0v) is 13.6. The Hall–Kier alpha value is -1.96. The molecule has 2 heterocycles. The Morgan fingerprint density at radius 2 is 2.09 bits per heavy atom. The van der Waals surface area contributed by atoms with Gasteiger partial charge in [0.05, 0.1) is 6.04 Å². The van der Waals surface area contributed by atoms with Crippen LogP contribution in [0.3, 0.4) is 0 Å². The number of aromatic nitrogens is 2. The molecular formula is C13H21ClN6O2. The number of rotatable bonds is 2. The Morgan fingerprint density at radius 3 is 2.73 bits per heavy atom. The van der Waals surface area contributed by atoms with Crippen LogP contribution in [0.2, 0.25) is 5.02 Å². The molecule has 1 amide bonds. The van der Waals surface area contributed by atoms with E-state index in [4.69, 9.17) is 27.8 Å². The molecule has 1 aliphatic heterocycles. The van der Waals surface area contributed by atoms with Gasteiger partial charge in [-0.1, -0.05) is 11.6 Å². The second-order valence-corrected chi connectivity index (χ2v) is 6.56. The van der Waals surface area contributed by atoms with E-state index in [0.717, 1.165) is 6.42 Å². The highest BCUT2D eigenvalue weighted by Gasteiger charge is 2.28. The molecule has 2 rings (SSSR count). The summed E-state index contributed by atoms with van der Waals surface area (Å²) in [6, 6.07) is -0.0525. The van der Waals surface area contributed by atoms with Gasteiger partial charge in [-0.3, -0.25) is 0 Å². The molecule has 1 saturated heterocycles. The van der Waals surface area contributed by atoms with E-state index < -0.39 is 11.7 Å². The average molecular weight is 329 g/mol. The van der Waals surface area contributed by atoms with Gasteiger partial charge in [0, 0.05) is 13.1 Å². The van der Waals surface area contributed by atoms with E-state index >= 15 is 0 Å². The lowest BCUT2D eigenvalue weighted by molar-refractivity contribution is 0.0509. The first-order chi connectivity index (χ1) is 10.2. The summed E-state index contributed by atoms with van der Waals surface area (Å²) in [5.41, 5.74) is 10.8. The highest BCUT2D eigenvalue weighted by molar-refractivity contribution is 6.35. The summed E-state index contributed by atoms with van der Waals surface area (Å²) >= 11 is 6.13. The number of anilines is 3. The molecular weight excluding hydrogens is 308 g/mol. The summed E-state index contributed by atoms with van der Waals surface area (Å²) in [4.78, 5) is 21.6. The molecule has 1 atom stereocenters. The Morgan fingerprint density at radius 1 is 1.41 bits per heavy atom. The third-order valence-electron chi connectivity index (χ3n) is 3.09. The van der Waals surface area contributed by atoms with Crippen molar-refractivity contribution in [3.63, 3.8) is 0 Å². The SMILES string of the molecule is CC(C)(C)OC(=O)N[C@@H]1CCN(c2nc(N)nc(N)c2Cl)C1. The van der Waals surface area contributed by atoms with Crippen LogP contribution in [-0.4, -0.2) is 40.8 Å². The van der Waals surface area contributed by atoms with Crippen molar-refractivity contribution in [3.05, 3.63) is 5.02 Å². The van der Waals surface area contributed by atoms with Gasteiger partial charge in [-0.25, -0.2) is 4.79 Å². The van der Waals surface area contributed by atoms with Crippen molar-refractivity contribution >= 4 is 35.3 Å². The Kier molecular flexibility index (Phi) is 4.50. The molecule has 5 N–H and O–H groups in total. The van der Waals surface area contributed by atoms with Crippen molar-refractivity contribution in [3.8, 4) is 0 Å². The first-order valence-corrected chi connectivity index (χ1v) is 7.36. The van der Waals surface area contributed by atoms with Crippen molar-refractivity contribution in [2.45, 2.75) is 38.8 Å². The minimum absolute atomic E-state index is 0.0525. The van der Waals surface area contributed by atoms with Crippen LogP contribution >= 0.6 is 11.6 Å². The summed E-state index contributed by atoms with van der Waals surface area (Å²) in [5.74, 6) is 0.702. The van der Waals surface area contributed by atoms with Gasteiger partial charge in [0.1, 0.15) is 16.4 Å². The Balaban J connectivity index is 2.00. The van der Waals surface area contributed by atoms with E-state index in [-0.39, 0.29) is 22.8 Å². The van der Waals surface area contributed by atoms with E-state index in [1.165, 1.54) is 0 Å². The van der Waals surface area contributed by atoms with Crippen LogP contribution in [0.5, 0.6) is 0 Å². The predicted molar refractivity (Wildman–Crippen MR) is 85.9 cm³/mol. The number of halogens is 1. The zero-order chi connectivity index (χ0) is 16.5. The van der Waals surface area contributed by atoms with Gasteiger partial charge in [0.25, 0.3) is 0 Å². The second-order valence-electron chi connectivity index (χ2n) is 6.18. The van der Waals surface area contributed by atoms with Crippen LogP contribution in [0, 0.1) is 0 Å². The van der Waals surface area contributed by atoms with Gasteiger partial charge in [0.15, 0.2) is 5.82 Å². The molecule has 0 aliphatic carbocycles. The smallest absolute Gasteiger partial charge is 0.407 e. The van der Waals surface area contributed by atoms with Crippen LogP contribution in [0.25, 0.3) is 0 Å². The topological polar surface area (TPSA) is 119 Å². The third-order valence-corrected chi connectivity index (χ3v) is 3.45. The highest BCUT2D eigenvalue weighted by Crippen LogP contribution is 2.30. The maximum atomic E-state index is 11.8. The van der Waals surface area contributed by atoms with Gasteiger partial charge in [-0.15, -0.1) is 0 Å². The van der Waals surface area contributed by atoms with E-state index in [0.29, 0.717) is 18.9 Å². The molecule has 1 aliphatic rings. The normalized spacial score (nSPS) is 18.4. The monoisotopic (exact) mass is 328 g/mol. The van der Waals surface area contributed by atoms with Crippen LogP contribution in [0.1, 0.15) is 27.2 Å². The fourth-order valence-corrected chi connectivity index (χ4v) is 2.43. The molecule has 122 valence electrons. The number of carbonyl (C=O) groups is 1. The average Bonchev–Trinajstić information content (AvgIpc) is 2.79. The second kappa shape index (κ2) is 6.04. The standard InChI is InChI=1S/C13H21ClN6O2/c1-13(2,3)22-12(21)17-7-4-5-20(6-7)10-8(14)9(15)18-11(16)19-10/h7H,4-6H2,1-3H3,(H,17,21)(H4,15,16,18,19)/t7-/m1/s1. The van der Waals surface area contributed by atoms with Crippen molar-refractivity contribution in [1.82, 2.24) is 15.3 Å². The number of nitrogens with one attached hydrogen (secondary N) is 1. The van der Waals surface area contributed by atoms with E-state index in [9.17, 15) is 4.79 Å². The van der Waals surface area contributed by atoms with Gasteiger partial charge in [0.2, 0.25) is 5.95 Å². The van der Waals surface area contributed by atoms with Crippen LogP contribution in [0.15, 0.2) is 0 Å². The summed E-state index contributed by atoms with van der Waals surface area (Å²) in [7, 11) is 0. The van der Waals surface area contributed by atoms with Crippen molar-refractivity contribution in [1.29, 1.82) is 0 Å². The lowest BCUT2D eigenvalue weighted by atomic mass is 10.2. The number of nitrogen functional groups attached to an aromatic ring is 2. The minimum Gasteiger partial charge on any atom is -0.444 e. The number of hydrogen-bond donors (Lipinski definition) is 3. The van der Waals surface area contributed by atoms with Gasteiger partial charge < -0.3 is 26.4 Å². The van der Waals surface area contributed by atoms with Crippen molar-refractivity contribution in [2.75, 3.05) is 29.5 Å². The van der Waals surface area contributed by atoms with E-state index in [2.05, 4.69) is 15.3 Å². The molecule has 0 spiro atoms. The number of carbonyl (C=O) groups excluding carboxylic acids is 1. The molecule has 0 aromatic carbocycles. The van der Waals surface area contributed by atoms with Gasteiger partial charge in [-0.2, -0.15) is 9.97 Å². The summed E-state index contributed by atoms with van der Waals surface area (Å²) in [6.07, 6.45) is 0.312. The summed E-state index contributed by atoms with van der Waals surface area (Å²) < 4.78 is 5.24. The molecule has 1 aromatic heterocycles. The maximum Gasteiger partial charge on any atom is 0.407 e. The number of nitrogens with zero attached hydrogens (tertiary/aromatic N) is 3. The first kappa shape index (κ1) is 16.4. The fraction of sp³-hybridized carbons (Fsp3) is 0.615. The Bertz CT molecular complexity index is 574. The predicted octanol–water partition coefficient (Wildman–Crippen LogP) is 1.40. The fourth-order valence-electron chi connectivity index (χ4n) is 2.22. The van der Waals surface area contributed by atoms with E-state index in [1.54, 1.807) is 0 Å². The lowest BCUT2D eigenvalue weighted by Gasteiger charge is -2.22. The number of amides is 1. The zero-order valence-electron chi connectivity index (χ0n) is 12.9. The lowest BCUT2D eigenvalue weighted by Crippen LogP contribution is -2.40. The minimum atomic E-state index is -0.527. The van der Waals surface area contributed by atoms with Gasteiger partial charge in [-0.05, 0) is 27.2 Å². The summed E-state index contributed by atoms with van der Waals surface area (Å²) in [5, 5.41) is 3.10. The number of ether oxygens (including phenoxy) is 1. The molecule has 9 heteroatoms. The number of alkyl carbamates (subject to hydrolysis) is 1. The van der Waals surface area contributed by atoms with Crippen LogP contribution in [-0.2, 0) is 4.74 Å².